The van der Waals surface area contributed by atoms with Crippen molar-refractivity contribution in [2.24, 2.45) is 5.10 Å². The molecule has 2 aromatic carbocycles. The number of carbonyl (C=O) groups is 1. The third kappa shape index (κ3) is 4.77. The van der Waals surface area contributed by atoms with Gasteiger partial charge in [0, 0.05) is 10.6 Å². The number of amides is 1. The van der Waals surface area contributed by atoms with E-state index in [-0.39, 0.29) is 12.5 Å². The average Bonchev–Trinajstić information content (AvgIpc) is 3.12. The summed E-state index contributed by atoms with van der Waals surface area (Å²) >= 11 is 6.15. The molecular weight excluding hydrogens is 364 g/mol. The first-order valence-corrected chi connectivity index (χ1v) is 8.79. The molecule has 0 spiro atoms. The van der Waals surface area contributed by atoms with Crippen LogP contribution in [0.3, 0.4) is 0 Å². The Kier molecular flexibility index (Phi) is 5.94. The van der Waals surface area contributed by atoms with Crippen LogP contribution in [-0.4, -0.2) is 11.6 Å². The molecule has 0 radical (unpaired) electrons. The minimum Gasteiger partial charge on any atom is -0.488 e. The third-order valence-electron chi connectivity index (χ3n) is 3.89. The largest absolute Gasteiger partial charge is 0.488 e. The fourth-order valence-corrected chi connectivity index (χ4v) is 2.62. The van der Waals surface area contributed by atoms with Crippen molar-refractivity contribution in [1.29, 1.82) is 0 Å². The molecule has 6 heteroatoms. The van der Waals surface area contributed by atoms with Crippen LogP contribution >= 0.6 is 11.6 Å². The second-order valence-electron chi connectivity index (χ2n) is 5.92. The molecule has 1 aromatic heterocycles. The molecule has 0 unspecified atom stereocenters. The minimum absolute atomic E-state index is 0.262. The van der Waals surface area contributed by atoms with Gasteiger partial charge in [-0.3, -0.25) is 4.79 Å². The van der Waals surface area contributed by atoms with Gasteiger partial charge in [-0.05, 0) is 44.2 Å². The topological polar surface area (TPSA) is 63.8 Å². The summed E-state index contributed by atoms with van der Waals surface area (Å²) in [5, 5.41) is 4.72. The van der Waals surface area contributed by atoms with Gasteiger partial charge in [0.2, 0.25) is 0 Å². The summed E-state index contributed by atoms with van der Waals surface area (Å²) in [6.45, 7) is 3.87. The molecule has 0 saturated heterocycles. The lowest BCUT2D eigenvalue weighted by molar-refractivity contribution is 0.0950. The van der Waals surface area contributed by atoms with Crippen molar-refractivity contribution in [3.05, 3.63) is 88.3 Å². The number of para-hydroxylation sites is 1. The molecule has 1 heterocycles. The van der Waals surface area contributed by atoms with Crippen molar-refractivity contribution in [3.8, 4) is 5.75 Å². The molecule has 3 aromatic rings. The normalized spacial score (nSPS) is 11.3. The zero-order valence-electron chi connectivity index (χ0n) is 15.0. The molecule has 0 aliphatic carbocycles. The van der Waals surface area contributed by atoms with Crippen molar-refractivity contribution in [1.82, 2.24) is 5.43 Å². The molecule has 0 aliphatic heterocycles. The lowest BCUT2D eigenvalue weighted by Gasteiger charge is -2.11. The summed E-state index contributed by atoms with van der Waals surface area (Å²) in [5.41, 5.74) is 4.34. The second-order valence-corrected chi connectivity index (χ2v) is 6.33. The Balaban J connectivity index is 1.71. The zero-order valence-corrected chi connectivity index (χ0v) is 15.8. The summed E-state index contributed by atoms with van der Waals surface area (Å²) in [6, 6.07) is 18.1. The van der Waals surface area contributed by atoms with Gasteiger partial charge >= 0.3 is 0 Å². The standard InChI is InChI=1S/C21H19ClN2O3/c1-14-11-12-19(27-14)15(2)23-24-21(25)17-8-4-6-10-20(17)26-13-16-7-3-5-9-18(16)22/h3-12H,13H2,1-2H3,(H,24,25). The first-order valence-electron chi connectivity index (χ1n) is 8.41. The van der Waals surface area contributed by atoms with Crippen molar-refractivity contribution >= 4 is 23.2 Å². The summed E-state index contributed by atoms with van der Waals surface area (Å²) in [5.74, 6) is 1.48. The van der Waals surface area contributed by atoms with E-state index in [2.05, 4.69) is 10.5 Å². The van der Waals surface area contributed by atoms with Crippen LogP contribution in [0, 0.1) is 6.92 Å². The van der Waals surface area contributed by atoms with Crippen LogP contribution in [0.25, 0.3) is 0 Å². The number of rotatable bonds is 6. The minimum atomic E-state index is -0.368. The number of carbonyl (C=O) groups excluding carboxylic acids is 1. The number of hydrogen-bond donors (Lipinski definition) is 1. The highest BCUT2D eigenvalue weighted by molar-refractivity contribution is 6.31. The maximum absolute atomic E-state index is 12.5. The van der Waals surface area contributed by atoms with E-state index >= 15 is 0 Å². The number of aryl methyl sites for hydroxylation is 1. The molecule has 0 fully saturated rings. The van der Waals surface area contributed by atoms with E-state index in [9.17, 15) is 4.79 Å². The molecule has 1 N–H and O–H groups in total. The Labute approximate surface area is 162 Å². The zero-order chi connectivity index (χ0) is 19.2. The van der Waals surface area contributed by atoms with E-state index in [1.165, 1.54) is 0 Å². The van der Waals surface area contributed by atoms with Crippen LogP contribution in [0.4, 0.5) is 0 Å². The molecule has 138 valence electrons. The number of halogens is 1. The van der Waals surface area contributed by atoms with Crippen molar-refractivity contribution in [2.45, 2.75) is 20.5 Å². The number of ether oxygens (including phenoxy) is 1. The molecule has 3 rings (SSSR count). The van der Waals surface area contributed by atoms with Gasteiger partial charge in [0.05, 0.1) is 5.56 Å². The van der Waals surface area contributed by atoms with Gasteiger partial charge in [-0.1, -0.05) is 41.9 Å². The molecule has 5 nitrogen and oxygen atoms in total. The first kappa shape index (κ1) is 18.7. The molecular formula is C21H19ClN2O3. The van der Waals surface area contributed by atoms with E-state index < -0.39 is 0 Å². The maximum atomic E-state index is 12.5. The quantitative estimate of drug-likeness (QED) is 0.483. The number of benzene rings is 2. The molecule has 1 amide bonds. The predicted molar refractivity (Wildman–Crippen MR) is 105 cm³/mol. The number of hydrogen-bond acceptors (Lipinski definition) is 4. The summed E-state index contributed by atoms with van der Waals surface area (Å²) in [4.78, 5) is 12.5. The van der Waals surface area contributed by atoms with Gasteiger partial charge in [0.25, 0.3) is 5.91 Å². The highest BCUT2D eigenvalue weighted by Gasteiger charge is 2.13. The summed E-state index contributed by atoms with van der Waals surface area (Å²) in [6.07, 6.45) is 0. The third-order valence-corrected chi connectivity index (χ3v) is 4.26. The van der Waals surface area contributed by atoms with Gasteiger partial charge in [-0.15, -0.1) is 0 Å². The second kappa shape index (κ2) is 8.56. The van der Waals surface area contributed by atoms with Crippen molar-refractivity contribution in [2.75, 3.05) is 0 Å². The van der Waals surface area contributed by atoms with Gasteiger partial charge in [0.15, 0.2) is 0 Å². The van der Waals surface area contributed by atoms with Gasteiger partial charge < -0.3 is 9.15 Å². The van der Waals surface area contributed by atoms with Gasteiger partial charge in [0.1, 0.15) is 29.6 Å². The van der Waals surface area contributed by atoms with Crippen LogP contribution in [0.15, 0.2) is 70.2 Å². The highest BCUT2D eigenvalue weighted by atomic mass is 35.5. The Morgan fingerprint density at radius 1 is 1.11 bits per heavy atom. The smallest absolute Gasteiger partial charge is 0.275 e. The average molecular weight is 383 g/mol. The number of hydrazone groups is 1. The van der Waals surface area contributed by atoms with E-state index in [1.807, 2.05) is 31.2 Å². The van der Waals surface area contributed by atoms with Crippen LogP contribution in [0.5, 0.6) is 5.75 Å². The van der Waals surface area contributed by atoms with Gasteiger partial charge in [-0.25, -0.2) is 5.43 Å². The van der Waals surface area contributed by atoms with E-state index in [4.69, 9.17) is 20.8 Å². The first-order chi connectivity index (χ1) is 13.0. The molecule has 0 bridgehead atoms. The Hall–Kier alpha value is -3.05. The lowest BCUT2D eigenvalue weighted by Crippen LogP contribution is -2.20. The van der Waals surface area contributed by atoms with Crippen LogP contribution in [0.2, 0.25) is 5.02 Å². The summed E-state index contributed by atoms with van der Waals surface area (Å²) < 4.78 is 11.3. The van der Waals surface area contributed by atoms with E-state index in [0.29, 0.717) is 27.8 Å². The van der Waals surface area contributed by atoms with E-state index in [1.54, 1.807) is 43.3 Å². The van der Waals surface area contributed by atoms with Crippen LogP contribution in [-0.2, 0) is 6.61 Å². The molecule has 0 atom stereocenters. The summed E-state index contributed by atoms with van der Waals surface area (Å²) in [7, 11) is 0. The number of furan rings is 1. The molecule has 0 aliphatic rings. The number of nitrogens with one attached hydrogen (secondary N) is 1. The maximum Gasteiger partial charge on any atom is 0.275 e. The lowest BCUT2D eigenvalue weighted by atomic mass is 10.2. The van der Waals surface area contributed by atoms with Crippen molar-refractivity contribution in [3.63, 3.8) is 0 Å². The fourth-order valence-electron chi connectivity index (χ4n) is 2.43. The molecule has 27 heavy (non-hydrogen) atoms. The SMILES string of the molecule is CC(=NNC(=O)c1ccccc1OCc1ccccc1Cl)c1ccc(C)o1. The van der Waals surface area contributed by atoms with E-state index in [0.717, 1.165) is 11.3 Å². The number of nitrogens with zero attached hydrogens (tertiary/aromatic N) is 1. The monoisotopic (exact) mass is 382 g/mol. The van der Waals surface area contributed by atoms with Crippen LogP contribution < -0.4 is 10.2 Å². The Morgan fingerprint density at radius 3 is 2.59 bits per heavy atom. The molecule has 0 saturated carbocycles. The highest BCUT2D eigenvalue weighted by Crippen LogP contribution is 2.22. The van der Waals surface area contributed by atoms with Crippen molar-refractivity contribution < 1.29 is 13.9 Å². The fraction of sp³-hybridized carbons (Fsp3) is 0.143. The Morgan fingerprint density at radius 2 is 1.85 bits per heavy atom. The Bertz CT molecular complexity index is 979. The van der Waals surface area contributed by atoms with Crippen LogP contribution in [0.1, 0.15) is 34.4 Å². The van der Waals surface area contributed by atoms with Gasteiger partial charge in [-0.2, -0.15) is 5.10 Å². The predicted octanol–water partition coefficient (Wildman–Crippen LogP) is 4.97.